The van der Waals surface area contributed by atoms with E-state index in [-0.39, 0.29) is 18.0 Å². The summed E-state index contributed by atoms with van der Waals surface area (Å²) in [7, 11) is 5.59. The minimum absolute atomic E-state index is 0.117. The van der Waals surface area contributed by atoms with Gasteiger partial charge in [-0.25, -0.2) is 4.98 Å². The van der Waals surface area contributed by atoms with Crippen LogP contribution in [0.1, 0.15) is 16.2 Å². The van der Waals surface area contributed by atoms with E-state index in [1.54, 1.807) is 30.1 Å². The van der Waals surface area contributed by atoms with E-state index < -0.39 is 0 Å². The Morgan fingerprint density at radius 1 is 1.17 bits per heavy atom. The second kappa shape index (κ2) is 6.45. The van der Waals surface area contributed by atoms with Crippen molar-refractivity contribution in [2.75, 3.05) is 26.0 Å². The van der Waals surface area contributed by atoms with Gasteiger partial charge in [-0.15, -0.1) is 11.3 Å². The molecule has 0 aliphatic heterocycles. The van der Waals surface area contributed by atoms with Gasteiger partial charge in [-0.05, 0) is 35.7 Å². The van der Waals surface area contributed by atoms with Gasteiger partial charge in [0.1, 0.15) is 10.5 Å². The molecule has 6 nitrogen and oxygen atoms in total. The maximum absolute atomic E-state index is 12.5. The van der Waals surface area contributed by atoms with Crippen LogP contribution in [0.25, 0.3) is 10.2 Å². The number of rotatable bonds is 4. The first-order valence-corrected chi connectivity index (χ1v) is 8.33. The molecule has 0 atom stereocenters. The minimum atomic E-state index is -0.166. The molecule has 3 aromatic rings. The van der Waals surface area contributed by atoms with E-state index in [0.29, 0.717) is 21.6 Å². The molecule has 1 amide bonds. The molecule has 2 heterocycles. The fourth-order valence-corrected chi connectivity index (χ4v) is 3.14. The Hall–Kier alpha value is -2.67. The number of aromatic amines is 1. The van der Waals surface area contributed by atoms with Crippen molar-refractivity contribution >= 4 is 33.1 Å². The molecular weight excluding hydrogens is 324 g/mol. The number of hydrogen-bond acceptors (Lipinski definition) is 5. The highest BCUT2D eigenvalue weighted by Crippen LogP contribution is 2.16. The van der Waals surface area contributed by atoms with Crippen molar-refractivity contribution in [3.05, 3.63) is 57.5 Å². The molecule has 0 saturated heterocycles. The summed E-state index contributed by atoms with van der Waals surface area (Å²) in [5.74, 6) is 0.361. The maximum Gasteiger partial charge on any atom is 0.268 e. The van der Waals surface area contributed by atoms with Crippen molar-refractivity contribution < 1.29 is 4.79 Å². The fourth-order valence-electron chi connectivity index (χ4n) is 2.42. The summed E-state index contributed by atoms with van der Waals surface area (Å²) >= 11 is 1.36. The van der Waals surface area contributed by atoms with Crippen molar-refractivity contribution in [2.24, 2.45) is 0 Å². The molecule has 0 unspecified atom stereocenters. The number of H-pyrrole nitrogens is 1. The normalized spacial score (nSPS) is 10.8. The van der Waals surface area contributed by atoms with Gasteiger partial charge in [-0.2, -0.15) is 0 Å². The van der Waals surface area contributed by atoms with Crippen LogP contribution in [0.3, 0.4) is 0 Å². The Bertz CT molecular complexity index is 928. The van der Waals surface area contributed by atoms with Gasteiger partial charge in [-0.3, -0.25) is 9.59 Å². The Morgan fingerprint density at radius 3 is 2.54 bits per heavy atom. The average molecular weight is 342 g/mol. The van der Waals surface area contributed by atoms with Gasteiger partial charge in [0.05, 0.1) is 12.1 Å². The van der Waals surface area contributed by atoms with Gasteiger partial charge < -0.3 is 14.8 Å². The number of carbonyl (C=O) groups is 1. The summed E-state index contributed by atoms with van der Waals surface area (Å²) < 4.78 is 0.604. The number of nitrogens with one attached hydrogen (secondary N) is 1. The predicted molar refractivity (Wildman–Crippen MR) is 96.8 cm³/mol. The third-order valence-electron chi connectivity index (χ3n) is 3.73. The molecule has 0 saturated carbocycles. The largest absolute Gasteiger partial charge is 0.378 e. The van der Waals surface area contributed by atoms with Gasteiger partial charge in [0, 0.05) is 32.4 Å². The van der Waals surface area contributed by atoms with Crippen LogP contribution in [0, 0.1) is 0 Å². The highest BCUT2D eigenvalue weighted by Gasteiger charge is 2.14. The molecule has 0 spiro atoms. The molecular formula is C17H18N4O2S. The number of anilines is 1. The van der Waals surface area contributed by atoms with Gasteiger partial charge in [-0.1, -0.05) is 0 Å². The van der Waals surface area contributed by atoms with Crippen LogP contribution >= 0.6 is 11.3 Å². The Balaban J connectivity index is 1.78. The first-order valence-electron chi connectivity index (χ1n) is 7.45. The molecule has 0 radical (unpaired) electrons. The molecule has 1 aromatic carbocycles. The molecule has 0 aliphatic rings. The summed E-state index contributed by atoms with van der Waals surface area (Å²) in [6.45, 7) is 0.245. The summed E-state index contributed by atoms with van der Waals surface area (Å²) in [6, 6.07) is 9.20. The second-order valence-electron chi connectivity index (χ2n) is 5.75. The van der Waals surface area contributed by atoms with E-state index in [1.165, 1.54) is 11.3 Å². The first kappa shape index (κ1) is 16.2. The zero-order valence-corrected chi connectivity index (χ0v) is 14.6. The maximum atomic E-state index is 12.5. The zero-order chi connectivity index (χ0) is 17.3. The predicted octanol–water partition coefficient (Wildman–Crippen LogP) is 2.32. The quantitative estimate of drug-likeness (QED) is 0.790. The number of carbonyl (C=O) groups excluding carboxylic acids is 1. The Labute approximate surface area is 143 Å². The lowest BCUT2D eigenvalue weighted by Gasteiger charge is -2.18. The topological polar surface area (TPSA) is 69.3 Å². The van der Waals surface area contributed by atoms with Crippen LogP contribution in [-0.2, 0) is 6.54 Å². The van der Waals surface area contributed by atoms with Gasteiger partial charge in [0.15, 0.2) is 0 Å². The number of amides is 1. The Kier molecular flexibility index (Phi) is 4.35. The smallest absolute Gasteiger partial charge is 0.268 e. The lowest BCUT2D eigenvalue weighted by molar-refractivity contribution is 0.0781. The second-order valence-corrected chi connectivity index (χ2v) is 6.67. The van der Waals surface area contributed by atoms with Crippen molar-refractivity contribution in [2.45, 2.75) is 6.54 Å². The number of fused-ring (bicyclic) bond motifs is 1. The Morgan fingerprint density at radius 2 is 1.88 bits per heavy atom. The first-order chi connectivity index (χ1) is 11.5. The monoisotopic (exact) mass is 342 g/mol. The molecule has 3 rings (SSSR count). The molecule has 2 aromatic heterocycles. The van der Waals surface area contributed by atoms with Crippen molar-refractivity contribution in [3.8, 4) is 0 Å². The van der Waals surface area contributed by atoms with E-state index in [9.17, 15) is 9.59 Å². The van der Waals surface area contributed by atoms with E-state index in [0.717, 1.165) is 5.69 Å². The van der Waals surface area contributed by atoms with E-state index >= 15 is 0 Å². The minimum Gasteiger partial charge on any atom is -0.378 e. The van der Waals surface area contributed by atoms with Gasteiger partial charge in [0.2, 0.25) is 0 Å². The number of hydrogen-bond donors (Lipinski definition) is 1. The van der Waals surface area contributed by atoms with Crippen molar-refractivity contribution in [1.29, 1.82) is 0 Å². The van der Waals surface area contributed by atoms with Gasteiger partial charge >= 0.3 is 0 Å². The van der Waals surface area contributed by atoms with E-state index in [1.807, 2.05) is 36.5 Å². The summed E-state index contributed by atoms with van der Waals surface area (Å²) in [6.07, 6.45) is 0. The van der Waals surface area contributed by atoms with Crippen LogP contribution in [-0.4, -0.2) is 41.9 Å². The molecule has 0 fully saturated rings. The van der Waals surface area contributed by atoms with E-state index in [2.05, 4.69) is 9.97 Å². The van der Waals surface area contributed by atoms with Crippen LogP contribution in [0.15, 0.2) is 40.5 Å². The van der Waals surface area contributed by atoms with Crippen LogP contribution in [0.4, 0.5) is 5.69 Å². The van der Waals surface area contributed by atoms with Crippen LogP contribution in [0.5, 0.6) is 0 Å². The molecule has 24 heavy (non-hydrogen) atoms. The SMILES string of the molecule is CN(Cc1nc2ccsc2c(=O)[nH]1)C(=O)c1ccc(N(C)C)cc1. The van der Waals surface area contributed by atoms with Crippen molar-refractivity contribution in [1.82, 2.24) is 14.9 Å². The third kappa shape index (κ3) is 3.16. The highest BCUT2D eigenvalue weighted by molar-refractivity contribution is 7.17. The number of nitrogens with zero attached hydrogens (tertiary/aromatic N) is 3. The fraction of sp³-hybridized carbons (Fsp3) is 0.235. The molecule has 0 bridgehead atoms. The number of benzene rings is 1. The summed E-state index contributed by atoms with van der Waals surface area (Å²) in [5.41, 5.74) is 2.13. The van der Waals surface area contributed by atoms with Gasteiger partial charge in [0.25, 0.3) is 11.5 Å². The van der Waals surface area contributed by atoms with Crippen LogP contribution in [0.2, 0.25) is 0 Å². The van der Waals surface area contributed by atoms with Crippen LogP contribution < -0.4 is 10.5 Å². The average Bonchev–Trinajstić information content (AvgIpc) is 3.03. The van der Waals surface area contributed by atoms with Crippen molar-refractivity contribution in [3.63, 3.8) is 0 Å². The summed E-state index contributed by atoms with van der Waals surface area (Å²) in [4.78, 5) is 35.2. The van der Waals surface area contributed by atoms with E-state index in [4.69, 9.17) is 0 Å². The molecule has 1 N–H and O–H groups in total. The lowest BCUT2D eigenvalue weighted by Crippen LogP contribution is -2.28. The number of thiophene rings is 1. The molecule has 7 heteroatoms. The molecule has 0 aliphatic carbocycles. The number of aromatic nitrogens is 2. The zero-order valence-electron chi connectivity index (χ0n) is 13.7. The highest BCUT2D eigenvalue weighted by atomic mass is 32.1. The summed E-state index contributed by atoms with van der Waals surface area (Å²) in [5, 5.41) is 1.83. The standard InChI is InChI=1S/C17H18N4O2S/c1-20(2)12-6-4-11(5-7-12)17(23)21(3)10-14-18-13-8-9-24-15(13)16(22)19-14/h4-9H,10H2,1-3H3,(H,18,19,22). The third-order valence-corrected chi connectivity index (χ3v) is 4.63. The lowest BCUT2D eigenvalue weighted by atomic mass is 10.2. The molecule has 124 valence electrons.